The Balaban J connectivity index is 2.03. The summed E-state index contributed by atoms with van der Waals surface area (Å²) in [7, 11) is 0. The van der Waals surface area contributed by atoms with E-state index in [0.717, 1.165) is 11.8 Å². The molecule has 0 bridgehead atoms. The van der Waals surface area contributed by atoms with Crippen LogP contribution in [0.15, 0.2) is 48.5 Å². The zero-order chi connectivity index (χ0) is 11.4. The third-order valence-corrected chi connectivity index (χ3v) is 2.25. The standard InChI is InChI=1S/C13H11F2N/c14-12-7-6-10(8-13(12)15)9-16-11-4-2-1-3-5-11/h1-8,16H,9H2. The van der Waals surface area contributed by atoms with Crippen LogP contribution in [-0.4, -0.2) is 0 Å². The van der Waals surface area contributed by atoms with Crippen LogP contribution in [-0.2, 0) is 6.54 Å². The minimum atomic E-state index is -0.816. The van der Waals surface area contributed by atoms with Gasteiger partial charge < -0.3 is 5.32 Å². The Bertz CT molecular complexity index is 469. The maximum Gasteiger partial charge on any atom is 0.159 e. The predicted molar refractivity (Wildman–Crippen MR) is 60.1 cm³/mol. The maximum atomic E-state index is 12.9. The zero-order valence-electron chi connectivity index (χ0n) is 8.58. The van der Waals surface area contributed by atoms with Gasteiger partial charge in [0.2, 0.25) is 0 Å². The number of benzene rings is 2. The molecule has 2 rings (SSSR count). The summed E-state index contributed by atoms with van der Waals surface area (Å²) >= 11 is 0. The second-order valence-electron chi connectivity index (χ2n) is 3.47. The number of nitrogens with one attached hydrogen (secondary N) is 1. The summed E-state index contributed by atoms with van der Waals surface area (Å²) in [5.74, 6) is -1.63. The van der Waals surface area contributed by atoms with Crippen LogP contribution >= 0.6 is 0 Å². The highest BCUT2D eigenvalue weighted by molar-refractivity contribution is 5.43. The topological polar surface area (TPSA) is 12.0 Å². The van der Waals surface area contributed by atoms with Crippen molar-refractivity contribution in [2.45, 2.75) is 6.54 Å². The first kappa shape index (κ1) is 10.6. The fourth-order valence-corrected chi connectivity index (χ4v) is 1.41. The van der Waals surface area contributed by atoms with E-state index < -0.39 is 11.6 Å². The molecule has 0 heterocycles. The van der Waals surface area contributed by atoms with Crippen LogP contribution in [0.5, 0.6) is 0 Å². The molecule has 0 saturated heterocycles. The molecule has 16 heavy (non-hydrogen) atoms. The number of hydrogen-bond acceptors (Lipinski definition) is 1. The van der Waals surface area contributed by atoms with Gasteiger partial charge >= 0.3 is 0 Å². The van der Waals surface area contributed by atoms with E-state index >= 15 is 0 Å². The van der Waals surface area contributed by atoms with Crippen molar-refractivity contribution < 1.29 is 8.78 Å². The van der Waals surface area contributed by atoms with Crippen LogP contribution < -0.4 is 5.32 Å². The van der Waals surface area contributed by atoms with Gasteiger partial charge in [0, 0.05) is 12.2 Å². The van der Waals surface area contributed by atoms with E-state index in [1.807, 2.05) is 30.3 Å². The molecular formula is C13H11F2N. The summed E-state index contributed by atoms with van der Waals surface area (Å²) in [5.41, 5.74) is 1.66. The predicted octanol–water partition coefficient (Wildman–Crippen LogP) is 3.58. The van der Waals surface area contributed by atoms with Crippen molar-refractivity contribution in [3.63, 3.8) is 0 Å². The van der Waals surface area contributed by atoms with E-state index in [4.69, 9.17) is 0 Å². The molecule has 0 aliphatic heterocycles. The van der Waals surface area contributed by atoms with Crippen LogP contribution in [0, 0.1) is 11.6 Å². The van der Waals surface area contributed by atoms with Crippen molar-refractivity contribution in [3.8, 4) is 0 Å². The molecule has 0 atom stereocenters. The van der Waals surface area contributed by atoms with Gasteiger partial charge in [-0.15, -0.1) is 0 Å². The number of halogens is 2. The molecule has 0 amide bonds. The van der Waals surface area contributed by atoms with Crippen LogP contribution in [0.2, 0.25) is 0 Å². The van der Waals surface area contributed by atoms with Gasteiger partial charge in [-0.25, -0.2) is 8.78 Å². The van der Waals surface area contributed by atoms with Gasteiger partial charge in [0.25, 0.3) is 0 Å². The second-order valence-corrected chi connectivity index (χ2v) is 3.47. The lowest BCUT2D eigenvalue weighted by molar-refractivity contribution is 0.507. The lowest BCUT2D eigenvalue weighted by Crippen LogP contribution is -2.00. The minimum Gasteiger partial charge on any atom is -0.381 e. The molecule has 1 N–H and O–H groups in total. The fourth-order valence-electron chi connectivity index (χ4n) is 1.41. The van der Waals surface area contributed by atoms with Crippen molar-refractivity contribution >= 4 is 5.69 Å². The molecule has 2 aromatic rings. The van der Waals surface area contributed by atoms with E-state index in [1.165, 1.54) is 6.07 Å². The van der Waals surface area contributed by atoms with Gasteiger partial charge in [-0.1, -0.05) is 24.3 Å². The first-order valence-electron chi connectivity index (χ1n) is 4.98. The van der Waals surface area contributed by atoms with E-state index in [2.05, 4.69) is 5.32 Å². The van der Waals surface area contributed by atoms with Crippen molar-refractivity contribution in [1.82, 2.24) is 0 Å². The Morgan fingerprint density at radius 2 is 1.62 bits per heavy atom. The molecule has 1 nitrogen and oxygen atoms in total. The van der Waals surface area contributed by atoms with Crippen molar-refractivity contribution in [2.75, 3.05) is 5.32 Å². The highest BCUT2D eigenvalue weighted by Gasteiger charge is 2.01. The number of rotatable bonds is 3. The van der Waals surface area contributed by atoms with Crippen LogP contribution in [0.3, 0.4) is 0 Å². The molecule has 2 aromatic carbocycles. The van der Waals surface area contributed by atoms with Gasteiger partial charge in [-0.05, 0) is 29.8 Å². The first-order valence-corrected chi connectivity index (χ1v) is 4.98. The van der Waals surface area contributed by atoms with Crippen LogP contribution in [0.1, 0.15) is 5.56 Å². The fraction of sp³-hybridized carbons (Fsp3) is 0.0769. The van der Waals surface area contributed by atoms with E-state index in [9.17, 15) is 8.78 Å². The average molecular weight is 219 g/mol. The summed E-state index contributed by atoms with van der Waals surface area (Å²) < 4.78 is 25.6. The van der Waals surface area contributed by atoms with Gasteiger partial charge in [0.1, 0.15) is 0 Å². The van der Waals surface area contributed by atoms with Gasteiger partial charge in [-0.3, -0.25) is 0 Å². The molecule has 0 radical (unpaired) electrons. The van der Waals surface area contributed by atoms with Gasteiger partial charge in [-0.2, -0.15) is 0 Å². The largest absolute Gasteiger partial charge is 0.381 e. The lowest BCUT2D eigenvalue weighted by atomic mass is 10.2. The van der Waals surface area contributed by atoms with Crippen molar-refractivity contribution in [1.29, 1.82) is 0 Å². The molecule has 3 heteroatoms. The molecule has 82 valence electrons. The Morgan fingerprint density at radius 1 is 0.875 bits per heavy atom. The highest BCUT2D eigenvalue weighted by atomic mass is 19.2. The molecule has 0 spiro atoms. The lowest BCUT2D eigenvalue weighted by Gasteiger charge is -2.06. The second kappa shape index (κ2) is 4.75. The normalized spacial score (nSPS) is 10.1. The summed E-state index contributed by atoms with van der Waals surface area (Å²) in [6.45, 7) is 0.473. The molecule has 0 aliphatic rings. The van der Waals surface area contributed by atoms with Gasteiger partial charge in [0.15, 0.2) is 11.6 Å². The molecule has 0 unspecified atom stereocenters. The van der Waals surface area contributed by atoms with Crippen molar-refractivity contribution in [3.05, 3.63) is 65.7 Å². The molecule has 0 aliphatic carbocycles. The summed E-state index contributed by atoms with van der Waals surface area (Å²) in [6.07, 6.45) is 0. The third-order valence-electron chi connectivity index (χ3n) is 2.25. The highest BCUT2D eigenvalue weighted by Crippen LogP contribution is 2.11. The maximum absolute atomic E-state index is 12.9. The molecule has 0 aromatic heterocycles. The zero-order valence-corrected chi connectivity index (χ0v) is 8.58. The van der Waals surface area contributed by atoms with E-state index in [-0.39, 0.29) is 0 Å². The number of hydrogen-bond donors (Lipinski definition) is 1. The first-order chi connectivity index (χ1) is 7.75. The monoisotopic (exact) mass is 219 g/mol. The smallest absolute Gasteiger partial charge is 0.159 e. The molecular weight excluding hydrogens is 208 g/mol. The van der Waals surface area contributed by atoms with Crippen LogP contribution in [0.4, 0.5) is 14.5 Å². The Kier molecular flexibility index (Phi) is 3.15. The Hall–Kier alpha value is -1.90. The number of anilines is 1. The van der Waals surface area contributed by atoms with E-state index in [0.29, 0.717) is 12.1 Å². The Labute approximate surface area is 92.7 Å². The minimum absolute atomic E-state index is 0.473. The molecule has 0 fully saturated rings. The van der Waals surface area contributed by atoms with Crippen molar-refractivity contribution in [2.24, 2.45) is 0 Å². The van der Waals surface area contributed by atoms with Crippen LogP contribution in [0.25, 0.3) is 0 Å². The average Bonchev–Trinajstić information content (AvgIpc) is 2.32. The van der Waals surface area contributed by atoms with Gasteiger partial charge in [0.05, 0.1) is 0 Å². The summed E-state index contributed by atoms with van der Waals surface area (Å²) in [6, 6.07) is 13.5. The SMILES string of the molecule is Fc1ccc(CNc2ccccc2)cc1F. The molecule has 0 saturated carbocycles. The summed E-state index contributed by atoms with van der Waals surface area (Å²) in [5, 5.41) is 3.12. The quantitative estimate of drug-likeness (QED) is 0.832. The summed E-state index contributed by atoms with van der Waals surface area (Å²) in [4.78, 5) is 0. The number of para-hydroxylation sites is 1. The third kappa shape index (κ3) is 2.57. The van der Waals surface area contributed by atoms with E-state index in [1.54, 1.807) is 6.07 Å². The Morgan fingerprint density at radius 3 is 2.31 bits per heavy atom.